The van der Waals surface area contributed by atoms with E-state index in [0.717, 1.165) is 18.2 Å². The SMILES string of the molecule is NC1=NC(=O)C(CC(=O)Nc2cc3c(cc2Cl)OCCCO3)S1. The number of hydrogen-bond donors (Lipinski definition) is 2. The van der Waals surface area contributed by atoms with Crippen molar-refractivity contribution in [3.63, 3.8) is 0 Å². The van der Waals surface area contributed by atoms with Crippen molar-refractivity contribution in [3.05, 3.63) is 17.2 Å². The van der Waals surface area contributed by atoms with Gasteiger partial charge in [-0.1, -0.05) is 23.4 Å². The van der Waals surface area contributed by atoms with Crippen LogP contribution < -0.4 is 20.5 Å². The van der Waals surface area contributed by atoms with Gasteiger partial charge in [0.15, 0.2) is 16.7 Å². The van der Waals surface area contributed by atoms with Gasteiger partial charge < -0.3 is 20.5 Å². The summed E-state index contributed by atoms with van der Waals surface area (Å²) in [6.45, 7) is 1.09. The molecule has 7 nitrogen and oxygen atoms in total. The number of anilines is 1. The summed E-state index contributed by atoms with van der Waals surface area (Å²) in [5.74, 6) is 0.332. The van der Waals surface area contributed by atoms with E-state index in [9.17, 15) is 9.59 Å². The van der Waals surface area contributed by atoms with Gasteiger partial charge in [0, 0.05) is 25.0 Å². The van der Waals surface area contributed by atoms with Crippen LogP contribution in [-0.4, -0.2) is 35.4 Å². The molecule has 2 aliphatic rings. The number of ether oxygens (including phenoxy) is 2. The van der Waals surface area contributed by atoms with Crippen molar-refractivity contribution in [3.8, 4) is 11.5 Å². The molecule has 0 bridgehead atoms. The minimum absolute atomic E-state index is 0.0293. The highest BCUT2D eigenvalue weighted by molar-refractivity contribution is 8.15. The summed E-state index contributed by atoms with van der Waals surface area (Å²) >= 11 is 7.24. The van der Waals surface area contributed by atoms with Crippen LogP contribution in [-0.2, 0) is 9.59 Å². The van der Waals surface area contributed by atoms with Gasteiger partial charge >= 0.3 is 0 Å². The van der Waals surface area contributed by atoms with Gasteiger partial charge in [0.2, 0.25) is 5.91 Å². The van der Waals surface area contributed by atoms with Crippen molar-refractivity contribution in [1.29, 1.82) is 0 Å². The zero-order valence-electron chi connectivity index (χ0n) is 12.0. The Morgan fingerprint density at radius 1 is 1.39 bits per heavy atom. The molecule has 0 fully saturated rings. The number of fused-ring (bicyclic) bond motifs is 1. The molecular formula is C14H14ClN3O4S. The molecule has 1 aromatic rings. The Balaban J connectivity index is 1.69. The summed E-state index contributed by atoms with van der Waals surface area (Å²) in [5.41, 5.74) is 5.88. The molecule has 23 heavy (non-hydrogen) atoms. The summed E-state index contributed by atoms with van der Waals surface area (Å²) in [4.78, 5) is 27.2. The Kier molecular flexibility index (Phi) is 4.63. The molecule has 0 saturated carbocycles. The second kappa shape index (κ2) is 6.67. The smallest absolute Gasteiger partial charge is 0.262 e. The minimum atomic E-state index is -0.589. The van der Waals surface area contributed by atoms with Gasteiger partial charge in [-0.2, -0.15) is 4.99 Å². The van der Waals surface area contributed by atoms with Crippen LogP contribution in [0.3, 0.4) is 0 Å². The fraction of sp³-hybridized carbons (Fsp3) is 0.357. The van der Waals surface area contributed by atoms with Crippen molar-refractivity contribution in [2.75, 3.05) is 18.5 Å². The molecule has 9 heteroatoms. The normalized spacial score (nSPS) is 20.0. The molecule has 2 aliphatic heterocycles. The fourth-order valence-corrected chi connectivity index (χ4v) is 3.20. The van der Waals surface area contributed by atoms with Crippen LogP contribution >= 0.6 is 23.4 Å². The maximum atomic E-state index is 12.1. The van der Waals surface area contributed by atoms with Crippen LogP contribution in [0.2, 0.25) is 5.02 Å². The zero-order valence-corrected chi connectivity index (χ0v) is 13.6. The molecule has 0 saturated heterocycles. The Bertz CT molecular complexity index is 695. The van der Waals surface area contributed by atoms with E-state index in [4.69, 9.17) is 26.8 Å². The molecule has 1 aromatic carbocycles. The number of hydrogen-bond acceptors (Lipinski definition) is 6. The summed E-state index contributed by atoms with van der Waals surface area (Å²) < 4.78 is 11.1. The standard InChI is InChI=1S/C14H14ClN3O4S/c15-7-4-9-10(22-3-1-2-21-9)5-8(7)17-12(19)6-11-13(20)18-14(16)23-11/h4-5,11H,1-3,6H2,(H,17,19)(H2,16,18,20). The van der Waals surface area contributed by atoms with Crippen molar-refractivity contribution < 1.29 is 19.1 Å². The Morgan fingerprint density at radius 2 is 2.09 bits per heavy atom. The number of carbonyl (C=O) groups is 2. The van der Waals surface area contributed by atoms with E-state index in [1.807, 2.05) is 0 Å². The second-order valence-electron chi connectivity index (χ2n) is 4.98. The Morgan fingerprint density at radius 3 is 2.74 bits per heavy atom. The lowest BCUT2D eigenvalue weighted by molar-refractivity contribution is -0.121. The van der Waals surface area contributed by atoms with E-state index in [0.29, 0.717) is 35.4 Å². The predicted molar refractivity (Wildman–Crippen MR) is 88.3 cm³/mol. The predicted octanol–water partition coefficient (Wildman–Crippen LogP) is 1.79. The lowest BCUT2D eigenvalue weighted by Crippen LogP contribution is -2.21. The third-order valence-corrected chi connectivity index (χ3v) is 4.54. The monoisotopic (exact) mass is 355 g/mol. The first-order chi connectivity index (χ1) is 11.0. The van der Waals surface area contributed by atoms with Crippen LogP contribution in [0.25, 0.3) is 0 Å². The van der Waals surface area contributed by atoms with Crippen LogP contribution in [0.15, 0.2) is 17.1 Å². The first-order valence-electron chi connectivity index (χ1n) is 6.96. The number of nitrogens with two attached hydrogens (primary N) is 1. The van der Waals surface area contributed by atoms with Gasteiger partial charge in [-0.25, -0.2) is 0 Å². The van der Waals surface area contributed by atoms with E-state index in [1.54, 1.807) is 12.1 Å². The average Bonchev–Trinajstić information content (AvgIpc) is 2.69. The van der Waals surface area contributed by atoms with E-state index in [2.05, 4.69) is 10.3 Å². The quantitative estimate of drug-likeness (QED) is 0.856. The topological polar surface area (TPSA) is 103 Å². The van der Waals surface area contributed by atoms with Crippen LogP contribution in [0, 0.1) is 0 Å². The summed E-state index contributed by atoms with van der Waals surface area (Å²) in [7, 11) is 0. The maximum absolute atomic E-state index is 12.1. The number of amides is 2. The molecule has 3 N–H and O–H groups in total. The molecule has 0 aromatic heterocycles. The highest BCUT2D eigenvalue weighted by atomic mass is 35.5. The Labute approximate surface area is 141 Å². The average molecular weight is 356 g/mol. The number of benzene rings is 1. The van der Waals surface area contributed by atoms with Crippen LogP contribution in [0.1, 0.15) is 12.8 Å². The highest BCUT2D eigenvalue weighted by Gasteiger charge is 2.29. The number of aliphatic imine (C=N–C) groups is 1. The van der Waals surface area contributed by atoms with Gasteiger partial charge in [0.1, 0.15) is 5.25 Å². The number of rotatable bonds is 3. The first-order valence-corrected chi connectivity index (χ1v) is 8.22. The van der Waals surface area contributed by atoms with E-state index in [1.165, 1.54) is 0 Å². The third kappa shape index (κ3) is 3.70. The molecule has 2 heterocycles. The van der Waals surface area contributed by atoms with E-state index >= 15 is 0 Å². The third-order valence-electron chi connectivity index (χ3n) is 3.24. The highest BCUT2D eigenvalue weighted by Crippen LogP contribution is 2.37. The molecule has 3 rings (SSSR count). The summed E-state index contributed by atoms with van der Waals surface area (Å²) in [6.07, 6.45) is 0.745. The fourth-order valence-electron chi connectivity index (χ4n) is 2.18. The summed E-state index contributed by atoms with van der Waals surface area (Å²) in [5, 5.41) is 2.61. The van der Waals surface area contributed by atoms with Crippen molar-refractivity contribution in [1.82, 2.24) is 0 Å². The van der Waals surface area contributed by atoms with Gasteiger partial charge in [-0.15, -0.1) is 0 Å². The molecular weight excluding hydrogens is 342 g/mol. The maximum Gasteiger partial charge on any atom is 0.262 e. The number of nitrogens with one attached hydrogen (secondary N) is 1. The molecule has 1 atom stereocenters. The number of thioether (sulfide) groups is 1. The van der Waals surface area contributed by atoms with Crippen LogP contribution in [0.5, 0.6) is 11.5 Å². The van der Waals surface area contributed by atoms with E-state index < -0.39 is 11.2 Å². The van der Waals surface area contributed by atoms with E-state index in [-0.39, 0.29) is 17.5 Å². The van der Waals surface area contributed by atoms with Gasteiger partial charge in [0.05, 0.1) is 23.9 Å². The minimum Gasteiger partial charge on any atom is -0.490 e. The van der Waals surface area contributed by atoms with Crippen molar-refractivity contribution in [2.24, 2.45) is 10.7 Å². The van der Waals surface area contributed by atoms with Gasteiger partial charge in [-0.3, -0.25) is 9.59 Å². The van der Waals surface area contributed by atoms with Crippen molar-refractivity contribution >= 4 is 46.0 Å². The second-order valence-corrected chi connectivity index (χ2v) is 6.61. The lowest BCUT2D eigenvalue weighted by atomic mass is 10.2. The largest absolute Gasteiger partial charge is 0.490 e. The molecule has 0 radical (unpaired) electrons. The number of carbonyl (C=O) groups excluding carboxylic acids is 2. The molecule has 122 valence electrons. The zero-order chi connectivity index (χ0) is 16.4. The summed E-state index contributed by atoms with van der Waals surface area (Å²) in [6, 6.07) is 3.23. The number of halogens is 1. The Hall–Kier alpha value is -1.93. The van der Waals surface area contributed by atoms with Crippen LogP contribution in [0.4, 0.5) is 5.69 Å². The molecule has 0 aliphatic carbocycles. The lowest BCUT2D eigenvalue weighted by Gasteiger charge is -2.13. The van der Waals surface area contributed by atoms with Gasteiger partial charge in [0.25, 0.3) is 5.91 Å². The number of nitrogens with zero attached hydrogens (tertiary/aromatic N) is 1. The number of amidine groups is 1. The molecule has 1 unspecified atom stereocenters. The molecule has 2 amide bonds. The van der Waals surface area contributed by atoms with Gasteiger partial charge in [-0.05, 0) is 0 Å². The first kappa shape index (κ1) is 15.9. The molecule has 0 spiro atoms. The van der Waals surface area contributed by atoms with Crippen molar-refractivity contribution in [2.45, 2.75) is 18.1 Å².